The van der Waals surface area contributed by atoms with Crippen molar-refractivity contribution in [3.05, 3.63) is 53.3 Å². The predicted octanol–water partition coefficient (Wildman–Crippen LogP) is 1.44. The number of benzene rings is 1. The topological polar surface area (TPSA) is 97.8 Å². The van der Waals surface area contributed by atoms with Gasteiger partial charge >= 0.3 is 5.97 Å². The van der Waals surface area contributed by atoms with Crippen LogP contribution >= 0.6 is 0 Å². The molecule has 2 aromatic rings. The number of carbonyl (C=O) groups excluding carboxylic acids is 1. The first-order chi connectivity index (χ1) is 10.6. The fourth-order valence-electron chi connectivity index (χ4n) is 1.99. The Hall–Kier alpha value is -3.09. The summed E-state index contributed by atoms with van der Waals surface area (Å²) in [5, 5.41) is 11.5. The lowest BCUT2D eigenvalue weighted by atomic mass is 10.2. The van der Waals surface area contributed by atoms with Gasteiger partial charge in [-0.1, -0.05) is 6.07 Å². The van der Waals surface area contributed by atoms with Crippen molar-refractivity contribution in [3.63, 3.8) is 0 Å². The van der Waals surface area contributed by atoms with E-state index in [4.69, 9.17) is 14.6 Å². The van der Waals surface area contributed by atoms with Crippen molar-refractivity contribution in [2.45, 2.75) is 6.54 Å². The Labute approximate surface area is 125 Å². The highest BCUT2D eigenvalue weighted by Crippen LogP contribution is 2.32. The van der Waals surface area contributed by atoms with E-state index in [2.05, 4.69) is 10.3 Å². The molecule has 0 atom stereocenters. The van der Waals surface area contributed by atoms with Gasteiger partial charge in [0.1, 0.15) is 5.69 Å². The van der Waals surface area contributed by atoms with E-state index < -0.39 is 5.97 Å². The van der Waals surface area contributed by atoms with Crippen LogP contribution in [0.15, 0.2) is 36.5 Å². The van der Waals surface area contributed by atoms with Gasteiger partial charge in [0.15, 0.2) is 11.5 Å². The summed E-state index contributed by atoms with van der Waals surface area (Å²) in [4.78, 5) is 26.4. The molecule has 3 rings (SSSR count). The van der Waals surface area contributed by atoms with Crippen LogP contribution in [-0.4, -0.2) is 28.8 Å². The number of carboxylic acid groups (broad SMARTS) is 1. The van der Waals surface area contributed by atoms with Gasteiger partial charge in [-0.15, -0.1) is 0 Å². The number of rotatable bonds is 4. The molecule has 112 valence electrons. The maximum atomic E-state index is 12.0. The van der Waals surface area contributed by atoms with Crippen molar-refractivity contribution >= 4 is 11.9 Å². The van der Waals surface area contributed by atoms with Crippen molar-refractivity contribution in [3.8, 4) is 11.5 Å². The quantitative estimate of drug-likeness (QED) is 0.886. The summed E-state index contributed by atoms with van der Waals surface area (Å²) in [7, 11) is 0. The molecule has 0 bridgehead atoms. The molecule has 0 radical (unpaired) electrons. The van der Waals surface area contributed by atoms with Crippen LogP contribution in [0.4, 0.5) is 0 Å². The lowest BCUT2D eigenvalue weighted by Gasteiger charge is -2.06. The molecular weight excluding hydrogens is 288 g/mol. The third kappa shape index (κ3) is 2.83. The Morgan fingerprint density at radius 3 is 2.73 bits per heavy atom. The monoisotopic (exact) mass is 300 g/mol. The van der Waals surface area contributed by atoms with Gasteiger partial charge in [0.05, 0.1) is 5.56 Å². The summed E-state index contributed by atoms with van der Waals surface area (Å²) >= 11 is 0. The third-order valence-corrected chi connectivity index (χ3v) is 3.13. The molecule has 0 fully saturated rings. The van der Waals surface area contributed by atoms with Gasteiger partial charge in [-0.25, -0.2) is 9.78 Å². The highest BCUT2D eigenvalue weighted by atomic mass is 16.7. The minimum absolute atomic E-state index is 0.104. The maximum absolute atomic E-state index is 12.0. The number of aromatic carboxylic acids is 1. The zero-order chi connectivity index (χ0) is 15.5. The smallest absolute Gasteiger partial charge is 0.354 e. The molecule has 0 saturated heterocycles. The molecule has 1 amide bonds. The summed E-state index contributed by atoms with van der Waals surface area (Å²) in [5.74, 6) is -0.128. The van der Waals surface area contributed by atoms with Gasteiger partial charge in [0.25, 0.3) is 5.91 Å². The van der Waals surface area contributed by atoms with Gasteiger partial charge in [-0.3, -0.25) is 4.79 Å². The minimum Gasteiger partial charge on any atom is -0.477 e. The van der Waals surface area contributed by atoms with Gasteiger partial charge in [-0.05, 0) is 29.8 Å². The van der Waals surface area contributed by atoms with E-state index in [1.807, 2.05) is 6.07 Å². The number of aromatic nitrogens is 1. The van der Waals surface area contributed by atoms with Crippen LogP contribution in [-0.2, 0) is 6.54 Å². The number of pyridine rings is 1. The van der Waals surface area contributed by atoms with E-state index >= 15 is 0 Å². The number of hydrogen-bond donors (Lipinski definition) is 2. The Balaban J connectivity index is 1.63. The van der Waals surface area contributed by atoms with Crippen molar-refractivity contribution in [2.24, 2.45) is 0 Å². The summed E-state index contributed by atoms with van der Waals surface area (Å²) in [6.45, 7) is 0.517. The normalized spacial score (nSPS) is 12.0. The second kappa shape index (κ2) is 5.72. The second-order valence-corrected chi connectivity index (χ2v) is 4.61. The number of amides is 1. The predicted molar refractivity (Wildman–Crippen MR) is 74.9 cm³/mol. The van der Waals surface area contributed by atoms with Crippen LogP contribution in [0, 0.1) is 0 Å². The third-order valence-electron chi connectivity index (χ3n) is 3.13. The molecule has 0 unspecified atom stereocenters. The Morgan fingerprint density at radius 1 is 1.18 bits per heavy atom. The molecule has 1 aromatic carbocycles. The van der Waals surface area contributed by atoms with Crippen molar-refractivity contribution in [1.29, 1.82) is 0 Å². The number of ether oxygens (including phenoxy) is 2. The standard InChI is InChI=1S/C15H12N2O5/c18-14(10-2-3-11(15(19)20)16-7-10)17-6-9-1-4-12-13(5-9)22-8-21-12/h1-5,7H,6,8H2,(H,17,18)(H,19,20). The first kappa shape index (κ1) is 13.9. The fourth-order valence-corrected chi connectivity index (χ4v) is 1.99. The molecule has 1 aromatic heterocycles. The van der Waals surface area contributed by atoms with Crippen LogP contribution in [0.2, 0.25) is 0 Å². The highest BCUT2D eigenvalue weighted by molar-refractivity contribution is 5.94. The number of fused-ring (bicyclic) bond motifs is 1. The summed E-state index contributed by atoms with van der Waals surface area (Å²) < 4.78 is 10.5. The van der Waals surface area contributed by atoms with Crippen molar-refractivity contribution in [1.82, 2.24) is 10.3 Å². The van der Waals surface area contributed by atoms with E-state index in [1.165, 1.54) is 18.3 Å². The van der Waals surface area contributed by atoms with Crippen LogP contribution in [0.1, 0.15) is 26.4 Å². The number of nitrogens with zero attached hydrogens (tertiary/aromatic N) is 1. The average Bonchev–Trinajstić information content (AvgIpc) is 3.00. The lowest BCUT2D eigenvalue weighted by Crippen LogP contribution is -2.23. The second-order valence-electron chi connectivity index (χ2n) is 4.61. The molecule has 0 spiro atoms. The van der Waals surface area contributed by atoms with E-state index in [9.17, 15) is 9.59 Å². The van der Waals surface area contributed by atoms with Crippen LogP contribution in [0.25, 0.3) is 0 Å². The molecule has 0 saturated carbocycles. The molecule has 2 N–H and O–H groups in total. The SMILES string of the molecule is O=C(NCc1ccc2c(c1)OCO2)c1ccc(C(=O)O)nc1. The van der Waals surface area contributed by atoms with E-state index in [0.29, 0.717) is 23.6 Å². The Kier molecular flexibility index (Phi) is 3.61. The zero-order valence-electron chi connectivity index (χ0n) is 11.4. The number of hydrogen-bond acceptors (Lipinski definition) is 5. The number of carbonyl (C=O) groups is 2. The molecule has 7 nitrogen and oxygen atoms in total. The summed E-state index contributed by atoms with van der Waals surface area (Å²) in [6.07, 6.45) is 1.23. The first-order valence-electron chi connectivity index (χ1n) is 6.49. The summed E-state index contributed by atoms with van der Waals surface area (Å²) in [5.41, 5.74) is 1.06. The molecule has 2 heterocycles. The van der Waals surface area contributed by atoms with Gasteiger partial charge in [0.2, 0.25) is 6.79 Å². The van der Waals surface area contributed by atoms with Gasteiger partial charge in [-0.2, -0.15) is 0 Å². The molecule has 1 aliphatic rings. The maximum Gasteiger partial charge on any atom is 0.354 e. The molecule has 22 heavy (non-hydrogen) atoms. The van der Waals surface area contributed by atoms with E-state index in [0.717, 1.165) is 5.56 Å². The summed E-state index contributed by atoms with van der Waals surface area (Å²) in [6, 6.07) is 8.13. The highest BCUT2D eigenvalue weighted by Gasteiger charge is 2.14. The van der Waals surface area contributed by atoms with E-state index in [-0.39, 0.29) is 18.4 Å². The van der Waals surface area contributed by atoms with Crippen molar-refractivity contribution < 1.29 is 24.2 Å². The largest absolute Gasteiger partial charge is 0.477 e. The zero-order valence-corrected chi connectivity index (χ0v) is 11.4. The average molecular weight is 300 g/mol. The minimum atomic E-state index is -1.13. The van der Waals surface area contributed by atoms with E-state index in [1.54, 1.807) is 12.1 Å². The molecular formula is C15H12N2O5. The Morgan fingerprint density at radius 2 is 2.00 bits per heavy atom. The van der Waals surface area contributed by atoms with Crippen molar-refractivity contribution in [2.75, 3.05) is 6.79 Å². The van der Waals surface area contributed by atoms with Crippen LogP contribution in [0.3, 0.4) is 0 Å². The number of carboxylic acids is 1. The van der Waals surface area contributed by atoms with Crippen LogP contribution in [0.5, 0.6) is 11.5 Å². The van der Waals surface area contributed by atoms with Crippen LogP contribution < -0.4 is 14.8 Å². The fraction of sp³-hybridized carbons (Fsp3) is 0.133. The number of nitrogens with one attached hydrogen (secondary N) is 1. The molecule has 0 aliphatic carbocycles. The van der Waals surface area contributed by atoms with Gasteiger partial charge < -0.3 is 19.9 Å². The Bertz CT molecular complexity index is 727. The molecule has 7 heteroatoms. The first-order valence-corrected chi connectivity index (χ1v) is 6.49. The molecule has 1 aliphatic heterocycles. The van der Waals surface area contributed by atoms with Gasteiger partial charge in [0, 0.05) is 12.7 Å². The lowest BCUT2D eigenvalue weighted by molar-refractivity contribution is 0.0689.